The van der Waals surface area contributed by atoms with Crippen LogP contribution in [0.4, 0.5) is 5.69 Å². The van der Waals surface area contributed by atoms with Crippen LogP contribution in [-0.4, -0.2) is 24.0 Å². The highest BCUT2D eigenvalue weighted by Crippen LogP contribution is 2.20. The van der Waals surface area contributed by atoms with Crippen LogP contribution >= 0.6 is 24.8 Å². The molecule has 1 fully saturated rings. The van der Waals surface area contributed by atoms with Gasteiger partial charge in [0.2, 0.25) is 11.8 Å². The number of hydrogen-bond acceptors (Lipinski definition) is 4. The average Bonchev–Trinajstić information content (AvgIpc) is 3.05. The lowest BCUT2D eigenvalue weighted by Crippen LogP contribution is -2.24. The van der Waals surface area contributed by atoms with Gasteiger partial charge in [0.15, 0.2) is 0 Å². The van der Waals surface area contributed by atoms with Crippen LogP contribution in [0, 0.1) is 5.92 Å². The molecule has 124 valence electrons. The first kappa shape index (κ1) is 19.2. The Morgan fingerprint density at radius 3 is 2.57 bits per heavy atom. The van der Waals surface area contributed by atoms with E-state index < -0.39 is 0 Å². The Labute approximate surface area is 147 Å². The predicted octanol–water partition coefficient (Wildman–Crippen LogP) is 3.27. The normalized spacial score (nSPS) is 15.9. The molecule has 2 aromatic rings. The fraction of sp³-hybridized carbons (Fsp3) is 0.250. The number of pyridine rings is 1. The zero-order valence-electron chi connectivity index (χ0n) is 12.4. The Kier molecular flexibility index (Phi) is 7.81. The van der Waals surface area contributed by atoms with Gasteiger partial charge in [-0.15, -0.1) is 24.8 Å². The summed E-state index contributed by atoms with van der Waals surface area (Å²) in [6.45, 7) is 1.65. The SMILES string of the molecule is Cl.Cl.O=C(Nc1ccc(Oc2ccccc2)nc1)C1CCNC1. The summed E-state index contributed by atoms with van der Waals surface area (Å²) in [6, 6.07) is 13.0. The monoisotopic (exact) mass is 355 g/mol. The van der Waals surface area contributed by atoms with Gasteiger partial charge in [0.1, 0.15) is 5.75 Å². The maximum absolute atomic E-state index is 12.0. The molecule has 1 atom stereocenters. The second-order valence-electron chi connectivity index (χ2n) is 4.98. The van der Waals surface area contributed by atoms with Gasteiger partial charge >= 0.3 is 0 Å². The van der Waals surface area contributed by atoms with Crippen LogP contribution in [0.2, 0.25) is 0 Å². The van der Waals surface area contributed by atoms with E-state index in [1.54, 1.807) is 18.3 Å². The van der Waals surface area contributed by atoms with Crippen LogP contribution in [0.25, 0.3) is 0 Å². The molecule has 0 aliphatic carbocycles. The molecule has 1 aliphatic heterocycles. The quantitative estimate of drug-likeness (QED) is 0.883. The second kappa shape index (κ2) is 9.35. The van der Waals surface area contributed by atoms with Crippen LogP contribution < -0.4 is 15.4 Å². The Bertz CT molecular complexity index is 602. The number of carbonyl (C=O) groups excluding carboxylic acids is 1. The lowest BCUT2D eigenvalue weighted by Gasteiger charge is -2.10. The zero-order valence-corrected chi connectivity index (χ0v) is 14.0. The number of nitrogens with zero attached hydrogens (tertiary/aromatic N) is 1. The Hall–Kier alpha value is -1.82. The summed E-state index contributed by atoms with van der Waals surface area (Å²) in [6.07, 6.45) is 2.49. The Morgan fingerprint density at radius 1 is 1.17 bits per heavy atom. The highest BCUT2D eigenvalue weighted by atomic mass is 35.5. The minimum Gasteiger partial charge on any atom is -0.439 e. The van der Waals surface area contributed by atoms with Crippen molar-refractivity contribution in [2.24, 2.45) is 5.92 Å². The number of carbonyl (C=O) groups is 1. The van der Waals surface area contributed by atoms with Crippen molar-refractivity contribution in [3.63, 3.8) is 0 Å². The first-order valence-corrected chi connectivity index (χ1v) is 7.02. The number of amides is 1. The van der Waals surface area contributed by atoms with Crippen molar-refractivity contribution >= 4 is 36.4 Å². The topological polar surface area (TPSA) is 63.2 Å². The summed E-state index contributed by atoms with van der Waals surface area (Å²) in [5, 5.41) is 6.06. The number of aromatic nitrogens is 1. The highest BCUT2D eigenvalue weighted by molar-refractivity contribution is 5.92. The molecule has 1 aliphatic rings. The molecular weight excluding hydrogens is 337 g/mol. The first-order chi connectivity index (χ1) is 10.3. The largest absolute Gasteiger partial charge is 0.439 e. The molecular formula is C16H19Cl2N3O2. The highest BCUT2D eigenvalue weighted by Gasteiger charge is 2.22. The number of halogens is 2. The van der Waals surface area contributed by atoms with E-state index in [0.717, 1.165) is 25.3 Å². The lowest BCUT2D eigenvalue weighted by molar-refractivity contribution is -0.119. The van der Waals surface area contributed by atoms with Crippen molar-refractivity contribution in [1.29, 1.82) is 0 Å². The van der Waals surface area contributed by atoms with Crippen LogP contribution in [0.3, 0.4) is 0 Å². The molecule has 0 saturated carbocycles. The van der Waals surface area contributed by atoms with Crippen LogP contribution in [0.5, 0.6) is 11.6 Å². The third kappa shape index (κ3) is 5.39. The lowest BCUT2D eigenvalue weighted by atomic mass is 10.1. The minimum atomic E-state index is 0. The molecule has 7 heteroatoms. The van der Waals surface area contributed by atoms with Gasteiger partial charge in [-0.05, 0) is 31.2 Å². The van der Waals surface area contributed by atoms with Crippen molar-refractivity contribution < 1.29 is 9.53 Å². The molecule has 1 amide bonds. The fourth-order valence-corrected chi connectivity index (χ4v) is 2.25. The number of anilines is 1. The summed E-state index contributed by atoms with van der Waals surface area (Å²) in [4.78, 5) is 16.2. The number of benzene rings is 1. The minimum absolute atomic E-state index is 0. The predicted molar refractivity (Wildman–Crippen MR) is 94.9 cm³/mol. The van der Waals surface area contributed by atoms with Crippen LogP contribution in [0.15, 0.2) is 48.7 Å². The van der Waals surface area contributed by atoms with E-state index in [-0.39, 0.29) is 36.6 Å². The number of rotatable bonds is 4. The summed E-state index contributed by atoms with van der Waals surface area (Å²) >= 11 is 0. The maximum atomic E-state index is 12.0. The van der Waals surface area contributed by atoms with Gasteiger partial charge in [0, 0.05) is 12.6 Å². The molecule has 1 saturated heterocycles. The third-order valence-corrected chi connectivity index (χ3v) is 3.40. The molecule has 1 aromatic carbocycles. The number of ether oxygens (including phenoxy) is 1. The van der Waals surface area contributed by atoms with Crippen molar-refractivity contribution in [3.8, 4) is 11.6 Å². The molecule has 1 unspecified atom stereocenters. The van der Waals surface area contributed by atoms with Gasteiger partial charge in [0.05, 0.1) is 17.8 Å². The molecule has 2 N–H and O–H groups in total. The molecule has 5 nitrogen and oxygen atoms in total. The van der Waals surface area contributed by atoms with Crippen molar-refractivity contribution in [2.45, 2.75) is 6.42 Å². The van der Waals surface area contributed by atoms with Gasteiger partial charge in [-0.3, -0.25) is 4.79 Å². The smallest absolute Gasteiger partial charge is 0.228 e. The molecule has 2 heterocycles. The van der Waals surface area contributed by atoms with E-state index in [1.165, 1.54) is 0 Å². The third-order valence-electron chi connectivity index (χ3n) is 3.40. The van der Waals surface area contributed by atoms with Gasteiger partial charge < -0.3 is 15.4 Å². The van der Waals surface area contributed by atoms with Crippen molar-refractivity contribution in [1.82, 2.24) is 10.3 Å². The first-order valence-electron chi connectivity index (χ1n) is 7.02. The molecule has 0 bridgehead atoms. The summed E-state index contributed by atoms with van der Waals surface area (Å²) in [7, 11) is 0. The number of nitrogens with one attached hydrogen (secondary N) is 2. The Morgan fingerprint density at radius 2 is 1.96 bits per heavy atom. The van der Waals surface area contributed by atoms with E-state index in [1.807, 2.05) is 30.3 Å². The summed E-state index contributed by atoms with van der Waals surface area (Å²) in [5.74, 6) is 1.32. The van der Waals surface area contributed by atoms with Crippen molar-refractivity contribution in [2.75, 3.05) is 18.4 Å². The second-order valence-corrected chi connectivity index (χ2v) is 4.98. The van der Waals surface area contributed by atoms with Gasteiger partial charge in [-0.1, -0.05) is 18.2 Å². The molecule has 3 rings (SSSR count). The van der Waals surface area contributed by atoms with E-state index in [2.05, 4.69) is 15.6 Å². The van der Waals surface area contributed by atoms with Gasteiger partial charge in [-0.2, -0.15) is 0 Å². The van der Waals surface area contributed by atoms with E-state index in [0.29, 0.717) is 11.6 Å². The molecule has 1 aromatic heterocycles. The van der Waals surface area contributed by atoms with E-state index in [4.69, 9.17) is 4.74 Å². The van der Waals surface area contributed by atoms with E-state index >= 15 is 0 Å². The standard InChI is InChI=1S/C16H17N3O2.2ClH/c20-16(12-8-9-17-10-12)19-13-6-7-15(18-11-13)21-14-4-2-1-3-5-14;;/h1-7,11-12,17H,8-10H2,(H,19,20);2*1H. The van der Waals surface area contributed by atoms with Gasteiger partial charge in [-0.25, -0.2) is 4.98 Å². The maximum Gasteiger partial charge on any atom is 0.228 e. The number of para-hydroxylation sites is 1. The fourth-order valence-electron chi connectivity index (χ4n) is 2.25. The zero-order chi connectivity index (χ0) is 14.5. The summed E-state index contributed by atoms with van der Waals surface area (Å²) in [5.41, 5.74) is 0.687. The van der Waals surface area contributed by atoms with Crippen LogP contribution in [0.1, 0.15) is 6.42 Å². The Balaban J connectivity index is 0.00000132. The average molecular weight is 356 g/mol. The molecule has 0 spiro atoms. The van der Waals surface area contributed by atoms with Crippen molar-refractivity contribution in [3.05, 3.63) is 48.7 Å². The molecule has 0 radical (unpaired) electrons. The number of hydrogen-bond donors (Lipinski definition) is 2. The molecule has 23 heavy (non-hydrogen) atoms. The van der Waals surface area contributed by atoms with Gasteiger partial charge in [0.25, 0.3) is 0 Å². The summed E-state index contributed by atoms with van der Waals surface area (Å²) < 4.78 is 5.60. The van der Waals surface area contributed by atoms with E-state index in [9.17, 15) is 4.79 Å². The van der Waals surface area contributed by atoms with Crippen LogP contribution in [-0.2, 0) is 4.79 Å².